The molecule has 3 rings (SSSR count). The highest BCUT2D eigenvalue weighted by molar-refractivity contribution is 5.80. The number of anilines is 1. The summed E-state index contributed by atoms with van der Waals surface area (Å²) >= 11 is 0. The van der Waals surface area contributed by atoms with Crippen LogP contribution in [0.25, 0.3) is 11.0 Å². The molecule has 2 aromatic heterocycles. The maximum Gasteiger partial charge on any atom is 0.229 e. The van der Waals surface area contributed by atoms with E-state index in [1.54, 1.807) is 13.2 Å². The molecule has 102 valence electrons. The van der Waals surface area contributed by atoms with Crippen LogP contribution in [0, 0.1) is 0 Å². The van der Waals surface area contributed by atoms with Crippen molar-refractivity contribution in [3.63, 3.8) is 0 Å². The molecule has 0 bridgehead atoms. The van der Waals surface area contributed by atoms with Gasteiger partial charge in [-0.25, -0.2) is 0 Å². The van der Waals surface area contributed by atoms with E-state index < -0.39 is 0 Å². The zero-order chi connectivity index (χ0) is 13.1. The molecular formula is C13H19N5O. The molecule has 0 amide bonds. The van der Waals surface area contributed by atoms with Crippen molar-refractivity contribution >= 4 is 17.0 Å². The number of hydrogen-bond acceptors (Lipinski definition) is 5. The molecule has 0 aromatic carbocycles. The first-order valence-electron chi connectivity index (χ1n) is 6.92. The number of nitrogens with one attached hydrogen (secondary N) is 2. The van der Waals surface area contributed by atoms with E-state index in [4.69, 9.17) is 4.74 Å². The van der Waals surface area contributed by atoms with Gasteiger partial charge in [0.1, 0.15) is 11.5 Å². The highest BCUT2D eigenvalue weighted by Crippen LogP contribution is 2.27. The number of ether oxygens (including phenoxy) is 1. The van der Waals surface area contributed by atoms with Crippen LogP contribution < -0.4 is 10.1 Å². The van der Waals surface area contributed by atoms with Gasteiger partial charge in [0, 0.05) is 7.05 Å². The van der Waals surface area contributed by atoms with Gasteiger partial charge in [-0.3, -0.25) is 5.10 Å². The third kappa shape index (κ3) is 2.62. The molecule has 0 saturated heterocycles. The van der Waals surface area contributed by atoms with Crippen LogP contribution in [0.5, 0.6) is 5.88 Å². The lowest BCUT2D eigenvalue weighted by atomic mass is 10.1. The second-order valence-electron chi connectivity index (χ2n) is 4.97. The van der Waals surface area contributed by atoms with Crippen molar-refractivity contribution in [1.29, 1.82) is 0 Å². The largest absolute Gasteiger partial charge is 0.474 e. The minimum Gasteiger partial charge on any atom is -0.474 e. The number of fused-ring (bicyclic) bond motifs is 1. The summed E-state index contributed by atoms with van der Waals surface area (Å²) < 4.78 is 6.10. The van der Waals surface area contributed by atoms with Crippen LogP contribution in [0.4, 0.5) is 5.95 Å². The molecule has 2 heterocycles. The molecule has 19 heavy (non-hydrogen) atoms. The summed E-state index contributed by atoms with van der Waals surface area (Å²) in [7, 11) is 1.80. The molecule has 0 aliphatic heterocycles. The number of aromatic amines is 1. The van der Waals surface area contributed by atoms with Gasteiger partial charge in [-0.05, 0) is 25.7 Å². The molecule has 0 spiro atoms. The number of aromatic nitrogens is 4. The van der Waals surface area contributed by atoms with Gasteiger partial charge >= 0.3 is 0 Å². The Hall–Kier alpha value is -1.85. The Morgan fingerprint density at radius 2 is 2.00 bits per heavy atom. The fourth-order valence-corrected chi connectivity index (χ4v) is 2.53. The van der Waals surface area contributed by atoms with E-state index in [1.807, 2.05) is 0 Å². The van der Waals surface area contributed by atoms with Crippen LogP contribution in [0.1, 0.15) is 38.5 Å². The maximum atomic E-state index is 6.10. The average molecular weight is 261 g/mol. The van der Waals surface area contributed by atoms with Crippen LogP contribution in [-0.4, -0.2) is 33.3 Å². The van der Waals surface area contributed by atoms with Crippen LogP contribution >= 0.6 is 0 Å². The monoisotopic (exact) mass is 261 g/mol. The third-order valence-corrected chi connectivity index (χ3v) is 3.58. The van der Waals surface area contributed by atoms with Gasteiger partial charge in [-0.15, -0.1) is 0 Å². The van der Waals surface area contributed by atoms with Crippen molar-refractivity contribution in [1.82, 2.24) is 20.2 Å². The van der Waals surface area contributed by atoms with E-state index >= 15 is 0 Å². The average Bonchev–Trinajstić information content (AvgIpc) is 2.76. The predicted octanol–water partition coefficient (Wildman–Crippen LogP) is 2.50. The van der Waals surface area contributed by atoms with Crippen molar-refractivity contribution in [2.45, 2.75) is 44.6 Å². The second kappa shape index (κ2) is 5.42. The lowest BCUT2D eigenvalue weighted by molar-refractivity contribution is 0.179. The van der Waals surface area contributed by atoms with Gasteiger partial charge in [-0.1, -0.05) is 12.8 Å². The number of nitrogens with zero attached hydrogens (tertiary/aromatic N) is 3. The summed E-state index contributed by atoms with van der Waals surface area (Å²) in [5.74, 6) is 1.19. The lowest BCUT2D eigenvalue weighted by Gasteiger charge is -2.16. The van der Waals surface area contributed by atoms with Gasteiger partial charge in [0.05, 0.1) is 6.20 Å². The number of hydrogen-bond donors (Lipinski definition) is 2. The Balaban J connectivity index is 1.87. The summed E-state index contributed by atoms with van der Waals surface area (Å²) in [6.07, 6.45) is 9.31. The summed E-state index contributed by atoms with van der Waals surface area (Å²) in [6.45, 7) is 0. The Kier molecular flexibility index (Phi) is 3.48. The van der Waals surface area contributed by atoms with Crippen molar-refractivity contribution in [3.05, 3.63) is 6.20 Å². The summed E-state index contributed by atoms with van der Waals surface area (Å²) in [4.78, 5) is 8.72. The molecule has 6 heteroatoms. The lowest BCUT2D eigenvalue weighted by Crippen LogP contribution is -2.16. The fourth-order valence-electron chi connectivity index (χ4n) is 2.53. The van der Waals surface area contributed by atoms with Crippen LogP contribution in [0.3, 0.4) is 0 Å². The zero-order valence-corrected chi connectivity index (χ0v) is 11.1. The standard InChI is InChI=1S/C13H19N5O/c1-14-13-16-11-10(8-15-18-11)12(17-13)19-9-6-4-2-3-5-7-9/h8-9H,2-7H2,1H3,(H2,14,15,16,17,18). The smallest absolute Gasteiger partial charge is 0.229 e. The third-order valence-electron chi connectivity index (χ3n) is 3.58. The van der Waals surface area contributed by atoms with Crippen LogP contribution in [0.2, 0.25) is 0 Å². The molecule has 0 atom stereocenters. The normalized spacial score (nSPS) is 17.3. The van der Waals surface area contributed by atoms with Crippen molar-refractivity contribution in [2.24, 2.45) is 0 Å². The summed E-state index contributed by atoms with van der Waals surface area (Å²) in [5.41, 5.74) is 0.711. The van der Waals surface area contributed by atoms with Gasteiger partial charge in [0.2, 0.25) is 11.8 Å². The molecule has 2 N–H and O–H groups in total. The zero-order valence-electron chi connectivity index (χ0n) is 11.1. The predicted molar refractivity (Wildman–Crippen MR) is 73.3 cm³/mol. The van der Waals surface area contributed by atoms with Gasteiger partial charge in [0.25, 0.3) is 0 Å². The molecule has 0 unspecified atom stereocenters. The molecule has 2 aromatic rings. The van der Waals surface area contributed by atoms with Gasteiger partial charge in [-0.2, -0.15) is 15.1 Å². The van der Waals surface area contributed by atoms with Gasteiger partial charge in [0.15, 0.2) is 5.65 Å². The molecular weight excluding hydrogens is 242 g/mol. The SMILES string of the molecule is CNc1nc(OC2CCCCCC2)c2cn[nH]c2n1. The first-order valence-corrected chi connectivity index (χ1v) is 6.92. The van der Waals surface area contributed by atoms with E-state index in [-0.39, 0.29) is 6.10 Å². The first kappa shape index (κ1) is 12.2. The van der Waals surface area contributed by atoms with E-state index in [1.165, 1.54) is 25.7 Å². The maximum absolute atomic E-state index is 6.10. The highest BCUT2D eigenvalue weighted by Gasteiger charge is 2.17. The molecule has 1 aliphatic carbocycles. The molecule has 6 nitrogen and oxygen atoms in total. The molecule has 1 aliphatic rings. The van der Waals surface area contributed by atoms with E-state index in [2.05, 4.69) is 25.5 Å². The summed E-state index contributed by atoms with van der Waals surface area (Å²) in [5, 5.41) is 10.7. The minimum atomic E-state index is 0.264. The first-order chi connectivity index (χ1) is 9.36. The fraction of sp³-hybridized carbons (Fsp3) is 0.615. The number of rotatable bonds is 3. The van der Waals surface area contributed by atoms with Crippen molar-refractivity contribution in [2.75, 3.05) is 12.4 Å². The van der Waals surface area contributed by atoms with Gasteiger partial charge < -0.3 is 10.1 Å². The minimum absolute atomic E-state index is 0.264. The highest BCUT2D eigenvalue weighted by atomic mass is 16.5. The van der Waals surface area contributed by atoms with Crippen LogP contribution in [-0.2, 0) is 0 Å². The second-order valence-corrected chi connectivity index (χ2v) is 4.97. The molecule has 0 radical (unpaired) electrons. The van der Waals surface area contributed by atoms with E-state index in [9.17, 15) is 0 Å². The number of H-pyrrole nitrogens is 1. The Bertz CT molecular complexity index is 545. The Morgan fingerprint density at radius 3 is 2.74 bits per heavy atom. The topological polar surface area (TPSA) is 75.7 Å². The molecule has 1 fully saturated rings. The molecule has 1 saturated carbocycles. The quantitative estimate of drug-likeness (QED) is 0.830. The summed E-state index contributed by atoms with van der Waals surface area (Å²) in [6, 6.07) is 0. The Labute approximate surface area is 112 Å². The van der Waals surface area contributed by atoms with E-state index in [0.29, 0.717) is 17.5 Å². The van der Waals surface area contributed by atoms with Crippen molar-refractivity contribution in [3.8, 4) is 5.88 Å². The van der Waals surface area contributed by atoms with Crippen molar-refractivity contribution < 1.29 is 4.74 Å². The van der Waals surface area contributed by atoms with Crippen LogP contribution in [0.15, 0.2) is 6.20 Å². The van der Waals surface area contributed by atoms with E-state index in [0.717, 1.165) is 18.2 Å². The Morgan fingerprint density at radius 1 is 1.21 bits per heavy atom.